The zero-order valence-corrected chi connectivity index (χ0v) is 13.5. The van der Waals surface area contributed by atoms with Crippen molar-refractivity contribution in [3.05, 3.63) is 23.8 Å². The summed E-state index contributed by atoms with van der Waals surface area (Å²) >= 11 is 0. The van der Waals surface area contributed by atoms with Crippen LogP contribution in [0.3, 0.4) is 0 Å². The molecule has 0 unspecified atom stereocenters. The van der Waals surface area contributed by atoms with Crippen molar-refractivity contribution >= 4 is 11.8 Å². The van der Waals surface area contributed by atoms with Gasteiger partial charge in [-0.15, -0.1) is 0 Å². The first kappa shape index (κ1) is 15.6. The van der Waals surface area contributed by atoms with Crippen LogP contribution in [0.2, 0.25) is 0 Å². The highest BCUT2D eigenvalue weighted by atomic mass is 16.7. The van der Waals surface area contributed by atoms with Crippen molar-refractivity contribution < 1.29 is 19.1 Å². The number of nitrogens with zero attached hydrogens (tertiary/aromatic N) is 1. The predicted molar refractivity (Wildman–Crippen MR) is 84.0 cm³/mol. The van der Waals surface area contributed by atoms with E-state index in [1.165, 1.54) is 0 Å². The Kier molecular flexibility index (Phi) is 4.41. The third-order valence-corrected chi connectivity index (χ3v) is 4.53. The highest BCUT2D eigenvalue weighted by Crippen LogP contribution is 2.32. The summed E-state index contributed by atoms with van der Waals surface area (Å²) in [5.74, 6) is 1.41. The molecule has 2 heterocycles. The molecule has 0 saturated carbocycles. The minimum Gasteiger partial charge on any atom is -0.454 e. The van der Waals surface area contributed by atoms with E-state index in [4.69, 9.17) is 9.47 Å². The summed E-state index contributed by atoms with van der Waals surface area (Å²) in [6.45, 7) is 4.66. The lowest BCUT2D eigenvalue weighted by Crippen LogP contribution is -2.48. The van der Waals surface area contributed by atoms with Crippen LogP contribution in [-0.2, 0) is 16.1 Å². The fourth-order valence-corrected chi connectivity index (χ4v) is 3.07. The first-order valence-electron chi connectivity index (χ1n) is 8.07. The molecule has 1 fully saturated rings. The third-order valence-electron chi connectivity index (χ3n) is 4.53. The molecule has 23 heavy (non-hydrogen) atoms. The summed E-state index contributed by atoms with van der Waals surface area (Å²) < 4.78 is 10.6. The molecule has 1 saturated heterocycles. The molecule has 2 amide bonds. The Morgan fingerprint density at radius 3 is 2.96 bits per heavy atom. The molecule has 124 valence electrons. The van der Waals surface area contributed by atoms with Gasteiger partial charge in [0.25, 0.3) is 0 Å². The monoisotopic (exact) mass is 318 g/mol. The van der Waals surface area contributed by atoms with Crippen molar-refractivity contribution in [2.45, 2.75) is 51.7 Å². The maximum Gasteiger partial charge on any atom is 0.243 e. The molecule has 1 aromatic carbocycles. The molecule has 0 spiro atoms. The van der Waals surface area contributed by atoms with E-state index in [1.54, 1.807) is 4.90 Å². The van der Waals surface area contributed by atoms with E-state index in [0.29, 0.717) is 25.1 Å². The Bertz CT molecular complexity index is 617. The number of likely N-dealkylation sites (tertiary alicyclic amines) is 1. The molecular formula is C17H22N2O4. The van der Waals surface area contributed by atoms with Crippen LogP contribution in [0.4, 0.5) is 0 Å². The van der Waals surface area contributed by atoms with Gasteiger partial charge in [0, 0.05) is 19.0 Å². The number of hydrogen-bond donors (Lipinski definition) is 1. The van der Waals surface area contributed by atoms with Gasteiger partial charge in [0.1, 0.15) is 6.04 Å². The van der Waals surface area contributed by atoms with E-state index >= 15 is 0 Å². The van der Waals surface area contributed by atoms with Crippen molar-refractivity contribution in [1.82, 2.24) is 10.2 Å². The molecule has 6 nitrogen and oxygen atoms in total. The molecular weight excluding hydrogens is 296 g/mol. The fourth-order valence-electron chi connectivity index (χ4n) is 3.07. The summed E-state index contributed by atoms with van der Waals surface area (Å²) in [6, 6.07) is 5.35. The van der Waals surface area contributed by atoms with Crippen molar-refractivity contribution in [3.8, 4) is 11.5 Å². The average Bonchev–Trinajstić information content (AvgIpc) is 3.17. The van der Waals surface area contributed by atoms with E-state index < -0.39 is 0 Å². The Hall–Kier alpha value is -2.24. The molecule has 1 aromatic rings. The molecule has 0 radical (unpaired) electrons. The number of fused-ring (bicyclic) bond motifs is 1. The Balaban J connectivity index is 1.61. The Labute approximate surface area is 135 Å². The number of ether oxygens (including phenoxy) is 2. The smallest absolute Gasteiger partial charge is 0.243 e. The van der Waals surface area contributed by atoms with Crippen LogP contribution >= 0.6 is 0 Å². The maximum atomic E-state index is 12.5. The quantitative estimate of drug-likeness (QED) is 0.899. The number of rotatable bonds is 5. The second-order valence-electron chi connectivity index (χ2n) is 6.02. The lowest BCUT2D eigenvalue weighted by atomic mass is 10.1. The molecule has 0 aromatic heterocycles. The van der Waals surface area contributed by atoms with Crippen LogP contribution < -0.4 is 14.8 Å². The topological polar surface area (TPSA) is 67.9 Å². The maximum absolute atomic E-state index is 12.5. The largest absolute Gasteiger partial charge is 0.454 e. The molecule has 2 aliphatic heterocycles. The van der Waals surface area contributed by atoms with Gasteiger partial charge in [0.15, 0.2) is 11.5 Å². The summed E-state index contributed by atoms with van der Waals surface area (Å²) in [4.78, 5) is 26.2. The Morgan fingerprint density at radius 2 is 2.17 bits per heavy atom. The van der Waals surface area contributed by atoms with Crippen LogP contribution in [0.25, 0.3) is 0 Å². The minimum atomic E-state index is -0.355. The van der Waals surface area contributed by atoms with E-state index in [-0.39, 0.29) is 30.7 Å². The summed E-state index contributed by atoms with van der Waals surface area (Å²) in [6.07, 6.45) is 1.89. The number of nitrogens with one attached hydrogen (secondary N) is 1. The fraction of sp³-hybridized carbons (Fsp3) is 0.529. The van der Waals surface area contributed by atoms with Crippen molar-refractivity contribution in [1.29, 1.82) is 0 Å². The second-order valence-corrected chi connectivity index (χ2v) is 6.02. The van der Waals surface area contributed by atoms with Crippen LogP contribution in [-0.4, -0.2) is 35.6 Å². The van der Waals surface area contributed by atoms with Crippen molar-refractivity contribution in [2.75, 3.05) is 6.79 Å². The van der Waals surface area contributed by atoms with E-state index in [9.17, 15) is 9.59 Å². The predicted octanol–water partition coefficient (Wildman–Crippen LogP) is 1.82. The first-order chi connectivity index (χ1) is 11.1. The molecule has 0 bridgehead atoms. The molecule has 1 N–H and O–H groups in total. The summed E-state index contributed by atoms with van der Waals surface area (Å²) in [7, 11) is 0. The van der Waals surface area contributed by atoms with E-state index in [0.717, 1.165) is 17.7 Å². The molecule has 2 aliphatic rings. The summed E-state index contributed by atoms with van der Waals surface area (Å²) in [5, 5.41) is 2.93. The van der Waals surface area contributed by atoms with Crippen LogP contribution in [0.5, 0.6) is 11.5 Å². The van der Waals surface area contributed by atoms with Gasteiger partial charge in [0.2, 0.25) is 18.6 Å². The van der Waals surface area contributed by atoms with E-state index in [2.05, 4.69) is 5.32 Å². The number of hydrogen-bond acceptors (Lipinski definition) is 4. The molecule has 6 heteroatoms. The zero-order valence-electron chi connectivity index (χ0n) is 13.5. The van der Waals surface area contributed by atoms with Crippen molar-refractivity contribution in [2.24, 2.45) is 0 Å². The normalized spacial score (nSPS) is 20.7. The first-order valence-corrected chi connectivity index (χ1v) is 8.07. The third kappa shape index (κ3) is 3.11. The number of carbonyl (C=O) groups is 2. The zero-order chi connectivity index (χ0) is 16.4. The van der Waals surface area contributed by atoms with Gasteiger partial charge in [-0.05, 0) is 37.5 Å². The van der Waals surface area contributed by atoms with Gasteiger partial charge in [0.05, 0.1) is 0 Å². The van der Waals surface area contributed by atoms with Gasteiger partial charge in [-0.2, -0.15) is 0 Å². The molecule has 0 aliphatic carbocycles. The van der Waals surface area contributed by atoms with Crippen LogP contribution in [0.1, 0.15) is 38.7 Å². The lowest BCUT2D eigenvalue weighted by molar-refractivity contribution is -0.137. The van der Waals surface area contributed by atoms with Gasteiger partial charge in [-0.1, -0.05) is 13.0 Å². The number of carbonyl (C=O) groups excluding carboxylic acids is 2. The van der Waals surface area contributed by atoms with Crippen molar-refractivity contribution in [3.63, 3.8) is 0 Å². The number of benzene rings is 1. The lowest BCUT2D eigenvalue weighted by Gasteiger charge is -2.29. The highest BCUT2D eigenvalue weighted by Gasteiger charge is 2.38. The second kappa shape index (κ2) is 6.48. The van der Waals surface area contributed by atoms with Gasteiger partial charge in [-0.25, -0.2) is 0 Å². The summed E-state index contributed by atoms with van der Waals surface area (Å²) in [5.41, 5.74) is 0.946. The average molecular weight is 318 g/mol. The highest BCUT2D eigenvalue weighted by molar-refractivity contribution is 5.91. The van der Waals surface area contributed by atoms with Crippen LogP contribution in [0, 0.1) is 0 Å². The van der Waals surface area contributed by atoms with E-state index in [1.807, 2.05) is 32.0 Å². The van der Waals surface area contributed by atoms with Gasteiger partial charge < -0.3 is 19.7 Å². The minimum absolute atomic E-state index is 0.0718. The van der Waals surface area contributed by atoms with Crippen LogP contribution in [0.15, 0.2) is 18.2 Å². The number of amides is 2. The van der Waals surface area contributed by atoms with Gasteiger partial charge >= 0.3 is 0 Å². The molecule has 2 atom stereocenters. The Morgan fingerprint density at radius 1 is 1.39 bits per heavy atom. The SMILES string of the molecule is CC[C@H](C)N1C(=O)CC[C@H]1C(=O)NCc1ccc2c(c1)OCO2. The van der Waals surface area contributed by atoms with Gasteiger partial charge in [-0.3, -0.25) is 9.59 Å². The molecule has 3 rings (SSSR count). The standard InChI is InChI=1S/C17H22N2O4/c1-3-11(2)19-13(5-7-16(19)20)17(21)18-9-12-4-6-14-15(8-12)23-10-22-14/h4,6,8,11,13H,3,5,7,9-10H2,1-2H3,(H,18,21)/t11-,13-/m0/s1.